The molecule has 5 nitrogen and oxygen atoms in total. The maximum Gasteiger partial charge on any atom is 0.219 e. The predicted octanol–water partition coefficient (Wildman–Crippen LogP) is 1.11. The second-order valence-corrected chi connectivity index (χ2v) is 4.40. The van der Waals surface area contributed by atoms with Crippen molar-refractivity contribution >= 4 is 17.6 Å². The van der Waals surface area contributed by atoms with Crippen molar-refractivity contribution in [1.82, 2.24) is 14.9 Å². The Hall–Kier alpha value is -1.01. The smallest absolute Gasteiger partial charge is 0.219 e. The van der Waals surface area contributed by atoms with Gasteiger partial charge in [0.25, 0.3) is 0 Å². The van der Waals surface area contributed by atoms with Gasteiger partial charge in [-0.3, -0.25) is 0 Å². The molecule has 6 heteroatoms. The van der Waals surface area contributed by atoms with Crippen LogP contribution in [0.15, 0.2) is 11.2 Å². The van der Waals surface area contributed by atoms with E-state index in [2.05, 4.69) is 14.9 Å². The summed E-state index contributed by atoms with van der Waals surface area (Å²) in [5.74, 6) is 0.998. The number of nitrogens with two attached hydrogens (primary N) is 1. The van der Waals surface area contributed by atoms with Crippen molar-refractivity contribution in [2.45, 2.75) is 11.6 Å². The SMILES string of the molecule is CSc1nc(N)cc(OCCCN(C)C)n1. The summed E-state index contributed by atoms with van der Waals surface area (Å²) in [5, 5.41) is 0.641. The molecule has 0 atom stereocenters. The van der Waals surface area contributed by atoms with E-state index in [1.807, 2.05) is 20.4 Å². The standard InChI is InChI=1S/C10H18N4OS/c1-14(2)5-4-6-15-9-7-8(11)12-10(13-9)16-3/h7H,4-6H2,1-3H3,(H2,11,12,13). The van der Waals surface area contributed by atoms with Gasteiger partial charge >= 0.3 is 0 Å². The van der Waals surface area contributed by atoms with Crippen LogP contribution in [0.5, 0.6) is 5.88 Å². The third kappa shape index (κ3) is 4.67. The fourth-order valence-electron chi connectivity index (χ4n) is 1.14. The molecule has 0 aliphatic heterocycles. The largest absolute Gasteiger partial charge is 0.477 e. The lowest BCUT2D eigenvalue weighted by Gasteiger charge is -2.10. The van der Waals surface area contributed by atoms with Gasteiger partial charge in [0.15, 0.2) is 5.16 Å². The molecule has 0 radical (unpaired) electrons. The lowest BCUT2D eigenvalue weighted by Crippen LogP contribution is -2.15. The molecule has 0 unspecified atom stereocenters. The molecule has 1 rings (SSSR count). The number of hydrogen-bond acceptors (Lipinski definition) is 6. The van der Waals surface area contributed by atoms with Gasteiger partial charge in [-0.2, -0.15) is 4.98 Å². The van der Waals surface area contributed by atoms with Gasteiger partial charge in [0, 0.05) is 12.6 Å². The van der Waals surface area contributed by atoms with Crippen molar-refractivity contribution in [1.29, 1.82) is 0 Å². The molecular formula is C10H18N4OS. The van der Waals surface area contributed by atoms with E-state index < -0.39 is 0 Å². The minimum atomic E-state index is 0.446. The average Bonchev–Trinajstić information content (AvgIpc) is 2.23. The summed E-state index contributed by atoms with van der Waals surface area (Å²) in [6.45, 7) is 1.64. The Morgan fingerprint density at radius 1 is 1.44 bits per heavy atom. The molecule has 0 saturated carbocycles. The number of nitrogens with zero attached hydrogens (tertiary/aromatic N) is 3. The van der Waals surface area contributed by atoms with Gasteiger partial charge in [-0.15, -0.1) is 0 Å². The Morgan fingerprint density at radius 3 is 2.81 bits per heavy atom. The summed E-state index contributed by atoms with van der Waals surface area (Å²) in [7, 11) is 4.07. The zero-order valence-electron chi connectivity index (χ0n) is 9.93. The van der Waals surface area contributed by atoms with Gasteiger partial charge in [-0.05, 0) is 26.8 Å². The molecule has 1 aromatic heterocycles. The van der Waals surface area contributed by atoms with Crippen molar-refractivity contribution in [3.8, 4) is 5.88 Å². The molecule has 16 heavy (non-hydrogen) atoms. The van der Waals surface area contributed by atoms with Crippen LogP contribution in [0.1, 0.15) is 6.42 Å². The molecular weight excluding hydrogens is 224 g/mol. The van der Waals surface area contributed by atoms with Crippen LogP contribution in [-0.4, -0.2) is 48.4 Å². The first kappa shape index (κ1) is 13.1. The first-order chi connectivity index (χ1) is 7.61. The molecule has 0 bridgehead atoms. The predicted molar refractivity (Wildman–Crippen MR) is 66.9 cm³/mol. The Bertz CT molecular complexity index is 333. The van der Waals surface area contributed by atoms with Crippen molar-refractivity contribution in [2.75, 3.05) is 39.2 Å². The monoisotopic (exact) mass is 242 g/mol. The Labute approximate surface area is 100 Å². The molecule has 0 saturated heterocycles. The number of hydrogen-bond donors (Lipinski definition) is 1. The number of ether oxygens (including phenoxy) is 1. The second-order valence-electron chi connectivity index (χ2n) is 3.62. The molecule has 0 aliphatic rings. The van der Waals surface area contributed by atoms with Crippen molar-refractivity contribution in [3.63, 3.8) is 0 Å². The van der Waals surface area contributed by atoms with Crippen LogP contribution in [0, 0.1) is 0 Å². The topological polar surface area (TPSA) is 64.3 Å². The summed E-state index contributed by atoms with van der Waals surface area (Å²) < 4.78 is 5.51. The zero-order valence-corrected chi connectivity index (χ0v) is 10.8. The fourth-order valence-corrected chi connectivity index (χ4v) is 1.52. The number of thioether (sulfide) groups is 1. The van der Waals surface area contributed by atoms with Crippen LogP contribution >= 0.6 is 11.8 Å². The molecule has 0 aromatic carbocycles. The van der Waals surface area contributed by atoms with E-state index in [1.165, 1.54) is 11.8 Å². The third-order valence-electron chi connectivity index (χ3n) is 1.88. The normalized spacial score (nSPS) is 10.8. The summed E-state index contributed by atoms with van der Waals surface area (Å²) in [5.41, 5.74) is 5.63. The Kier molecular flexibility index (Phi) is 5.34. The zero-order chi connectivity index (χ0) is 12.0. The first-order valence-corrected chi connectivity index (χ1v) is 6.30. The number of anilines is 1. The highest BCUT2D eigenvalue weighted by molar-refractivity contribution is 7.98. The highest BCUT2D eigenvalue weighted by Gasteiger charge is 2.02. The van der Waals surface area contributed by atoms with Crippen molar-refractivity contribution in [2.24, 2.45) is 0 Å². The van der Waals surface area contributed by atoms with Crippen LogP contribution in [0.25, 0.3) is 0 Å². The van der Waals surface area contributed by atoms with Crippen LogP contribution < -0.4 is 10.5 Å². The van der Waals surface area contributed by atoms with Crippen LogP contribution in [0.3, 0.4) is 0 Å². The van der Waals surface area contributed by atoms with Gasteiger partial charge in [0.1, 0.15) is 5.82 Å². The fraction of sp³-hybridized carbons (Fsp3) is 0.600. The van der Waals surface area contributed by atoms with Crippen LogP contribution in [0.4, 0.5) is 5.82 Å². The van der Waals surface area contributed by atoms with Gasteiger partial charge in [-0.1, -0.05) is 11.8 Å². The summed E-state index contributed by atoms with van der Waals surface area (Å²) >= 11 is 1.45. The average molecular weight is 242 g/mol. The molecule has 0 amide bonds. The van der Waals surface area contributed by atoms with Crippen molar-refractivity contribution in [3.05, 3.63) is 6.07 Å². The molecule has 90 valence electrons. The third-order valence-corrected chi connectivity index (χ3v) is 2.43. The van der Waals surface area contributed by atoms with Gasteiger partial charge in [0.05, 0.1) is 6.61 Å². The maximum absolute atomic E-state index is 5.63. The Morgan fingerprint density at radius 2 is 2.19 bits per heavy atom. The molecule has 1 aromatic rings. The number of rotatable bonds is 6. The molecule has 0 aliphatic carbocycles. The van der Waals surface area contributed by atoms with E-state index in [9.17, 15) is 0 Å². The van der Waals surface area contributed by atoms with Gasteiger partial charge in [-0.25, -0.2) is 4.98 Å². The van der Waals surface area contributed by atoms with E-state index >= 15 is 0 Å². The summed E-state index contributed by atoms with van der Waals surface area (Å²) in [6, 6.07) is 1.65. The van der Waals surface area contributed by atoms with E-state index in [-0.39, 0.29) is 0 Å². The lowest BCUT2D eigenvalue weighted by atomic mass is 10.4. The quantitative estimate of drug-likeness (QED) is 0.458. The van der Waals surface area contributed by atoms with E-state index in [0.29, 0.717) is 23.5 Å². The minimum absolute atomic E-state index is 0.446. The van der Waals surface area contributed by atoms with E-state index in [0.717, 1.165) is 13.0 Å². The van der Waals surface area contributed by atoms with Crippen LogP contribution in [-0.2, 0) is 0 Å². The second kappa shape index (κ2) is 6.55. The van der Waals surface area contributed by atoms with E-state index in [1.54, 1.807) is 6.07 Å². The summed E-state index contributed by atoms with van der Waals surface area (Å²) in [4.78, 5) is 10.4. The molecule has 0 fully saturated rings. The van der Waals surface area contributed by atoms with Crippen molar-refractivity contribution < 1.29 is 4.74 Å². The molecule has 0 spiro atoms. The lowest BCUT2D eigenvalue weighted by molar-refractivity contribution is 0.271. The highest BCUT2D eigenvalue weighted by Crippen LogP contribution is 2.16. The van der Waals surface area contributed by atoms with Crippen LogP contribution in [0.2, 0.25) is 0 Å². The summed E-state index contributed by atoms with van der Waals surface area (Å²) in [6.07, 6.45) is 2.87. The van der Waals surface area contributed by atoms with Gasteiger partial charge in [0.2, 0.25) is 5.88 Å². The minimum Gasteiger partial charge on any atom is -0.477 e. The van der Waals surface area contributed by atoms with Gasteiger partial charge < -0.3 is 15.4 Å². The highest BCUT2D eigenvalue weighted by atomic mass is 32.2. The first-order valence-electron chi connectivity index (χ1n) is 5.08. The molecule has 2 N–H and O–H groups in total. The number of aromatic nitrogens is 2. The number of nitrogen functional groups attached to an aromatic ring is 1. The molecule has 1 heterocycles. The maximum atomic E-state index is 5.63. The Balaban J connectivity index is 2.44. The van der Waals surface area contributed by atoms with E-state index in [4.69, 9.17) is 10.5 Å².